The molecule has 1 N–H and O–H groups in total. The van der Waals surface area contributed by atoms with Gasteiger partial charge in [-0.2, -0.15) is 0 Å². The number of likely N-dealkylation sites (N-methyl/N-ethyl adjacent to an activating group) is 1. The summed E-state index contributed by atoms with van der Waals surface area (Å²) in [6.45, 7) is 11.1. The van der Waals surface area contributed by atoms with Crippen LogP contribution in [0.25, 0.3) is 0 Å². The van der Waals surface area contributed by atoms with Gasteiger partial charge in [0.2, 0.25) is 0 Å². The Morgan fingerprint density at radius 3 is 2.30 bits per heavy atom. The Morgan fingerprint density at radius 1 is 1.25 bits per heavy atom. The first-order chi connectivity index (χ1) is 9.32. The van der Waals surface area contributed by atoms with E-state index in [0.29, 0.717) is 6.54 Å². The average molecular weight is 275 g/mol. The van der Waals surface area contributed by atoms with Gasteiger partial charge in [0, 0.05) is 19.0 Å². The summed E-state index contributed by atoms with van der Waals surface area (Å²) in [4.78, 5) is 13.7. The highest BCUT2D eigenvalue weighted by atomic mass is 16.4. The maximum atomic E-state index is 11.4. The van der Waals surface area contributed by atoms with Crippen LogP contribution in [-0.4, -0.2) is 35.6 Å². The van der Waals surface area contributed by atoms with Crippen LogP contribution in [0.15, 0.2) is 24.3 Å². The Hall–Kier alpha value is -1.35. The third-order valence-corrected chi connectivity index (χ3v) is 4.36. The van der Waals surface area contributed by atoms with Gasteiger partial charge in [-0.25, -0.2) is 0 Å². The third kappa shape index (κ3) is 3.04. The van der Waals surface area contributed by atoms with Crippen molar-refractivity contribution in [2.45, 2.75) is 39.0 Å². The lowest BCUT2D eigenvalue weighted by Crippen LogP contribution is -2.23. The fraction of sp³-hybridized carbons (Fsp3) is 0.588. The first-order valence-corrected chi connectivity index (χ1v) is 7.38. The van der Waals surface area contributed by atoms with Gasteiger partial charge >= 0.3 is 5.97 Å². The van der Waals surface area contributed by atoms with Crippen LogP contribution in [0.4, 0.5) is 0 Å². The van der Waals surface area contributed by atoms with Crippen molar-refractivity contribution in [3.63, 3.8) is 0 Å². The number of hydrogen-bond donors (Lipinski definition) is 1. The molecule has 1 heterocycles. The molecule has 1 aromatic carbocycles. The van der Waals surface area contributed by atoms with Crippen LogP contribution in [0, 0.1) is 5.92 Å². The number of aliphatic carboxylic acids is 1. The second-order valence-electron chi connectivity index (χ2n) is 6.78. The molecule has 2 rings (SSSR count). The Balaban J connectivity index is 2.23. The van der Waals surface area contributed by atoms with Gasteiger partial charge in [-0.1, -0.05) is 52.0 Å². The van der Waals surface area contributed by atoms with E-state index < -0.39 is 5.97 Å². The van der Waals surface area contributed by atoms with Gasteiger partial charge in [0.25, 0.3) is 0 Å². The van der Waals surface area contributed by atoms with E-state index in [1.165, 1.54) is 5.56 Å². The van der Waals surface area contributed by atoms with Crippen molar-refractivity contribution in [3.05, 3.63) is 35.4 Å². The predicted molar refractivity (Wildman–Crippen MR) is 81.1 cm³/mol. The zero-order valence-electron chi connectivity index (χ0n) is 12.9. The molecular formula is C17H25NO2. The lowest BCUT2D eigenvalue weighted by atomic mass is 9.83. The monoisotopic (exact) mass is 275 g/mol. The smallest absolute Gasteiger partial charge is 0.308 e. The summed E-state index contributed by atoms with van der Waals surface area (Å²) >= 11 is 0. The Labute approximate surface area is 121 Å². The molecule has 20 heavy (non-hydrogen) atoms. The van der Waals surface area contributed by atoms with E-state index in [4.69, 9.17) is 0 Å². The van der Waals surface area contributed by atoms with Crippen molar-refractivity contribution in [2.75, 3.05) is 19.6 Å². The Kier molecular flexibility index (Phi) is 4.19. The average Bonchev–Trinajstić information content (AvgIpc) is 2.82. The van der Waals surface area contributed by atoms with Gasteiger partial charge < -0.3 is 10.0 Å². The molecule has 1 aliphatic rings. The van der Waals surface area contributed by atoms with Crippen LogP contribution in [-0.2, 0) is 10.2 Å². The molecule has 3 nitrogen and oxygen atoms in total. The first kappa shape index (κ1) is 15.0. The van der Waals surface area contributed by atoms with Crippen LogP contribution in [0.2, 0.25) is 0 Å². The summed E-state index contributed by atoms with van der Waals surface area (Å²) < 4.78 is 0. The standard InChI is InChI=1S/C17H25NO2/c1-5-18-10-14(15(11-18)16(19)20)12-6-8-13(9-7-12)17(2,3)4/h6-9,14-15H,5,10-11H2,1-4H3,(H,19,20). The van der Waals surface area contributed by atoms with Crippen LogP contribution in [0.3, 0.4) is 0 Å². The molecule has 1 aliphatic heterocycles. The summed E-state index contributed by atoms with van der Waals surface area (Å²) in [6, 6.07) is 8.51. The van der Waals surface area contributed by atoms with E-state index in [1.807, 2.05) is 0 Å². The zero-order chi connectivity index (χ0) is 14.9. The SMILES string of the molecule is CCN1CC(C(=O)O)C(c2ccc(C(C)(C)C)cc2)C1. The summed E-state index contributed by atoms with van der Waals surface area (Å²) in [6.07, 6.45) is 0. The molecule has 110 valence electrons. The molecular weight excluding hydrogens is 250 g/mol. The molecule has 2 unspecified atom stereocenters. The van der Waals surface area contributed by atoms with Crippen molar-refractivity contribution >= 4 is 5.97 Å². The van der Waals surface area contributed by atoms with Crippen LogP contribution in [0.5, 0.6) is 0 Å². The molecule has 3 heteroatoms. The Morgan fingerprint density at radius 2 is 1.85 bits per heavy atom. The van der Waals surface area contributed by atoms with Crippen molar-refractivity contribution in [1.82, 2.24) is 4.90 Å². The summed E-state index contributed by atoms with van der Waals surface area (Å²) in [5.74, 6) is -0.845. The van der Waals surface area contributed by atoms with Crippen molar-refractivity contribution < 1.29 is 9.90 Å². The van der Waals surface area contributed by atoms with Gasteiger partial charge in [0.05, 0.1) is 5.92 Å². The number of carboxylic acids is 1. The third-order valence-electron chi connectivity index (χ3n) is 4.36. The van der Waals surface area contributed by atoms with Gasteiger partial charge in [-0.15, -0.1) is 0 Å². The first-order valence-electron chi connectivity index (χ1n) is 7.38. The maximum absolute atomic E-state index is 11.4. The van der Waals surface area contributed by atoms with Gasteiger partial charge in [-0.3, -0.25) is 4.79 Å². The number of carboxylic acid groups (broad SMARTS) is 1. The van der Waals surface area contributed by atoms with Gasteiger partial charge in [-0.05, 0) is 23.1 Å². The molecule has 2 atom stereocenters. The van der Waals surface area contributed by atoms with Gasteiger partial charge in [0.1, 0.15) is 0 Å². The fourth-order valence-electron chi connectivity index (χ4n) is 2.96. The molecule has 1 aromatic rings. The van der Waals surface area contributed by atoms with E-state index >= 15 is 0 Å². The predicted octanol–water partition coefficient (Wildman–Crippen LogP) is 3.10. The summed E-state index contributed by atoms with van der Waals surface area (Å²) in [7, 11) is 0. The minimum Gasteiger partial charge on any atom is -0.481 e. The second-order valence-corrected chi connectivity index (χ2v) is 6.78. The van der Waals surface area contributed by atoms with E-state index in [9.17, 15) is 9.90 Å². The number of rotatable bonds is 3. The molecule has 0 aromatic heterocycles. The largest absolute Gasteiger partial charge is 0.481 e. The zero-order valence-corrected chi connectivity index (χ0v) is 12.9. The van der Waals surface area contributed by atoms with Crippen LogP contribution in [0.1, 0.15) is 44.7 Å². The minimum atomic E-state index is -0.675. The number of benzene rings is 1. The minimum absolute atomic E-state index is 0.112. The van der Waals surface area contributed by atoms with E-state index in [-0.39, 0.29) is 17.3 Å². The van der Waals surface area contributed by atoms with Gasteiger partial charge in [0.15, 0.2) is 0 Å². The lowest BCUT2D eigenvalue weighted by molar-refractivity contribution is -0.141. The molecule has 0 radical (unpaired) electrons. The highest BCUT2D eigenvalue weighted by Gasteiger charge is 2.37. The molecule has 0 bridgehead atoms. The molecule has 1 fully saturated rings. The van der Waals surface area contributed by atoms with E-state index in [0.717, 1.165) is 18.7 Å². The maximum Gasteiger partial charge on any atom is 0.308 e. The number of carbonyl (C=O) groups is 1. The van der Waals surface area contributed by atoms with Crippen LogP contribution < -0.4 is 0 Å². The topological polar surface area (TPSA) is 40.5 Å². The molecule has 0 aliphatic carbocycles. The fourth-order valence-corrected chi connectivity index (χ4v) is 2.96. The van der Waals surface area contributed by atoms with Crippen LogP contribution >= 0.6 is 0 Å². The van der Waals surface area contributed by atoms with Crippen molar-refractivity contribution in [3.8, 4) is 0 Å². The van der Waals surface area contributed by atoms with Crippen molar-refractivity contribution in [2.24, 2.45) is 5.92 Å². The highest BCUT2D eigenvalue weighted by Crippen LogP contribution is 2.34. The normalized spacial score (nSPS) is 24.0. The van der Waals surface area contributed by atoms with Crippen molar-refractivity contribution in [1.29, 1.82) is 0 Å². The molecule has 0 saturated carbocycles. The number of hydrogen-bond acceptors (Lipinski definition) is 2. The highest BCUT2D eigenvalue weighted by molar-refractivity contribution is 5.72. The number of likely N-dealkylation sites (tertiary alicyclic amines) is 1. The quantitative estimate of drug-likeness (QED) is 0.921. The molecule has 1 saturated heterocycles. The van der Waals surface area contributed by atoms with E-state index in [1.54, 1.807) is 0 Å². The second kappa shape index (κ2) is 5.57. The number of nitrogens with zero attached hydrogens (tertiary/aromatic N) is 1. The molecule has 0 spiro atoms. The molecule has 0 amide bonds. The lowest BCUT2D eigenvalue weighted by Gasteiger charge is -2.21. The van der Waals surface area contributed by atoms with E-state index in [2.05, 4.69) is 56.9 Å². The summed E-state index contributed by atoms with van der Waals surface area (Å²) in [5, 5.41) is 9.42. The summed E-state index contributed by atoms with van der Waals surface area (Å²) in [5.41, 5.74) is 2.58. The Bertz CT molecular complexity index is 473.